The maximum absolute atomic E-state index is 10.9. The molecule has 0 aliphatic heterocycles. The first-order valence-corrected chi connectivity index (χ1v) is 4.21. The number of nitrogens with zero attached hydrogens (tertiary/aromatic N) is 2. The Morgan fingerprint density at radius 1 is 1.54 bits per heavy atom. The van der Waals surface area contributed by atoms with Gasteiger partial charge in [0.2, 0.25) is 0 Å². The van der Waals surface area contributed by atoms with Crippen LogP contribution in [0.15, 0.2) is 12.3 Å². The van der Waals surface area contributed by atoms with Crippen molar-refractivity contribution in [3.63, 3.8) is 0 Å². The van der Waals surface area contributed by atoms with Crippen LogP contribution in [0.5, 0.6) is 0 Å². The highest BCUT2D eigenvalue weighted by atomic mass is 16.1. The first-order valence-electron chi connectivity index (χ1n) is 4.21. The van der Waals surface area contributed by atoms with E-state index in [0.717, 1.165) is 0 Å². The van der Waals surface area contributed by atoms with Crippen LogP contribution in [0.1, 0.15) is 25.6 Å². The van der Waals surface area contributed by atoms with Crippen molar-refractivity contribution >= 4 is 11.6 Å². The van der Waals surface area contributed by atoms with E-state index in [1.807, 2.05) is 6.92 Å². The molecule has 68 valence electrons. The lowest BCUT2D eigenvalue weighted by molar-refractivity contribution is -0.128. The Labute approximate surface area is 76.2 Å². The van der Waals surface area contributed by atoms with E-state index in [9.17, 15) is 4.79 Å². The van der Waals surface area contributed by atoms with Gasteiger partial charge in [0.1, 0.15) is 17.4 Å². The highest BCUT2D eigenvalue weighted by Crippen LogP contribution is 2.38. The molecule has 0 spiro atoms. The van der Waals surface area contributed by atoms with Gasteiger partial charge in [-0.25, -0.2) is 9.97 Å². The lowest BCUT2D eigenvalue weighted by Crippen LogP contribution is -2.40. The average Bonchev–Trinajstić information content (AvgIpc) is 2.02. The number of carbonyl (C=O) groups is 1. The van der Waals surface area contributed by atoms with Crippen LogP contribution < -0.4 is 5.73 Å². The number of aromatic nitrogens is 2. The van der Waals surface area contributed by atoms with Crippen LogP contribution in [0.2, 0.25) is 0 Å². The maximum Gasteiger partial charge on any atom is 0.137 e. The zero-order chi connectivity index (χ0) is 9.47. The maximum atomic E-state index is 10.9. The Kier molecular flexibility index (Phi) is 1.58. The smallest absolute Gasteiger partial charge is 0.137 e. The van der Waals surface area contributed by atoms with E-state index in [1.165, 1.54) is 0 Å². The predicted octanol–water partition coefficient (Wildman–Crippen LogP) is 0.679. The third kappa shape index (κ3) is 1.28. The molecule has 1 aromatic heterocycles. The Hall–Kier alpha value is -1.45. The molecule has 0 unspecified atom stereocenters. The average molecular weight is 177 g/mol. The van der Waals surface area contributed by atoms with Crippen LogP contribution in [0.4, 0.5) is 5.82 Å². The third-order valence-corrected chi connectivity index (χ3v) is 2.39. The standard InChI is InChI=1S/C9H11N3O/c1-9(4-6(13)5-9)8-11-3-2-7(10)12-8/h2-3H,4-5H2,1H3,(H2,10,11,12). The van der Waals surface area contributed by atoms with Gasteiger partial charge in [-0.3, -0.25) is 4.79 Å². The molecule has 2 N–H and O–H groups in total. The number of hydrogen-bond acceptors (Lipinski definition) is 4. The quantitative estimate of drug-likeness (QED) is 0.684. The number of ketones is 1. The molecule has 4 nitrogen and oxygen atoms in total. The molecular formula is C9H11N3O. The number of nitrogens with two attached hydrogens (primary N) is 1. The molecule has 1 fully saturated rings. The summed E-state index contributed by atoms with van der Waals surface area (Å²) in [5.74, 6) is 1.42. The molecule has 0 atom stereocenters. The van der Waals surface area contributed by atoms with Crippen molar-refractivity contribution in [2.24, 2.45) is 0 Å². The van der Waals surface area contributed by atoms with Gasteiger partial charge in [0.15, 0.2) is 0 Å². The summed E-state index contributed by atoms with van der Waals surface area (Å²) in [5, 5.41) is 0. The predicted molar refractivity (Wildman–Crippen MR) is 48.0 cm³/mol. The SMILES string of the molecule is CC1(c2nccc(N)n2)CC(=O)C1. The van der Waals surface area contributed by atoms with Gasteiger partial charge in [0, 0.05) is 24.5 Å². The highest BCUT2D eigenvalue weighted by molar-refractivity contribution is 5.87. The number of nitrogen functional groups attached to an aromatic ring is 1. The largest absolute Gasteiger partial charge is 0.384 e. The van der Waals surface area contributed by atoms with Gasteiger partial charge in [-0.05, 0) is 6.07 Å². The van der Waals surface area contributed by atoms with Crippen LogP contribution >= 0.6 is 0 Å². The Morgan fingerprint density at radius 3 is 2.77 bits per heavy atom. The summed E-state index contributed by atoms with van der Waals surface area (Å²) >= 11 is 0. The second kappa shape index (κ2) is 2.52. The first-order chi connectivity index (χ1) is 6.10. The zero-order valence-electron chi connectivity index (χ0n) is 7.45. The molecule has 1 saturated carbocycles. The second-order valence-corrected chi connectivity index (χ2v) is 3.76. The van der Waals surface area contributed by atoms with E-state index in [4.69, 9.17) is 5.73 Å². The normalized spacial score (nSPS) is 19.6. The summed E-state index contributed by atoms with van der Waals surface area (Å²) in [6, 6.07) is 1.65. The van der Waals surface area contributed by atoms with Crippen molar-refractivity contribution in [1.29, 1.82) is 0 Å². The Morgan fingerprint density at radius 2 is 2.23 bits per heavy atom. The number of carbonyl (C=O) groups excluding carboxylic acids is 1. The van der Waals surface area contributed by atoms with E-state index in [0.29, 0.717) is 24.5 Å². The minimum atomic E-state index is -0.174. The molecule has 1 aromatic rings. The van der Waals surface area contributed by atoms with Crippen LogP contribution in [0, 0.1) is 0 Å². The third-order valence-electron chi connectivity index (χ3n) is 2.39. The number of anilines is 1. The van der Waals surface area contributed by atoms with Crippen LogP contribution in [-0.4, -0.2) is 15.8 Å². The van der Waals surface area contributed by atoms with Crippen molar-refractivity contribution in [3.8, 4) is 0 Å². The van der Waals surface area contributed by atoms with Gasteiger partial charge in [0.25, 0.3) is 0 Å². The fraction of sp³-hybridized carbons (Fsp3) is 0.444. The Balaban J connectivity index is 2.31. The fourth-order valence-electron chi connectivity index (χ4n) is 1.64. The molecule has 13 heavy (non-hydrogen) atoms. The lowest BCUT2D eigenvalue weighted by Gasteiger charge is -2.34. The van der Waals surface area contributed by atoms with Gasteiger partial charge in [0.05, 0.1) is 0 Å². The Bertz CT molecular complexity index is 354. The van der Waals surface area contributed by atoms with E-state index in [-0.39, 0.29) is 11.2 Å². The molecule has 0 saturated heterocycles. The molecule has 0 radical (unpaired) electrons. The summed E-state index contributed by atoms with van der Waals surface area (Å²) in [4.78, 5) is 19.1. The monoisotopic (exact) mass is 177 g/mol. The van der Waals surface area contributed by atoms with Crippen molar-refractivity contribution in [3.05, 3.63) is 18.1 Å². The molecule has 1 aliphatic carbocycles. The molecule has 4 heteroatoms. The van der Waals surface area contributed by atoms with Gasteiger partial charge in [-0.15, -0.1) is 0 Å². The molecule has 0 bridgehead atoms. The van der Waals surface area contributed by atoms with Crippen LogP contribution in [0.25, 0.3) is 0 Å². The molecule has 1 aliphatic rings. The van der Waals surface area contributed by atoms with E-state index >= 15 is 0 Å². The van der Waals surface area contributed by atoms with Crippen LogP contribution in [-0.2, 0) is 10.2 Å². The summed E-state index contributed by atoms with van der Waals surface area (Å²) in [7, 11) is 0. The molecular weight excluding hydrogens is 166 g/mol. The number of hydrogen-bond donors (Lipinski definition) is 1. The number of Topliss-reactive ketones (excluding diaryl/α,β-unsaturated/α-hetero) is 1. The topological polar surface area (TPSA) is 68.9 Å². The lowest BCUT2D eigenvalue weighted by atomic mass is 9.69. The van der Waals surface area contributed by atoms with Crippen molar-refractivity contribution in [2.45, 2.75) is 25.2 Å². The second-order valence-electron chi connectivity index (χ2n) is 3.76. The van der Waals surface area contributed by atoms with E-state index < -0.39 is 0 Å². The van der Waals surface area contributed by atoms with Crippen molar-refractivity contribution < 1.29 is 4.79 Å². The summed E-state index contributed by atoms with van der Waals surface area (Å²) in [6.07, 6.45) is 2.71. The summed E-state index contributed by atoms with van der Waals surface area (Å²) in [5.41, 5.74) is 5.36. The molecule has 0 amide bonds. The zero-order valence-corrected chi connectivity index (χ0v) is 7.45. The minimum Gasteiger partial charge on any atom is -0.384 e. The highest BCUT2D eigenvalue weighted by Gasteiger charge is 2.42. The van der Waals surface area contributed by atoms with Crippen LogP contribution in [0.3, 0.4) is 0 Å². The summed E-state index contributed by atoms with van der Waals surface area (Å²) in [6.45, 7) is 1.99. The first kappa shape index (κ1) is 8.16. The summed E-state index contributed by atoms with van der Waals surface area (Å²) < 4.78 is 0. The molecule has 0 aromatic carbocycles. The molecule has 1 heterocycles. The fourth-order valence-corrected chi connectivity index (χ4v) is 1.64. The van der Waals surface area contributed by atoms with Crippen molar-refractivity contribution in [1.82, 2.24) is 9.97 Å². The molecule has 2 rings (SSSR count). The van der Waals surface area contributed by atoms with Crippen molar-refractivity contribution in [2.75, 3.05) is 5.73 Å². The van der Waals surface area contributed by atoms with Gasteiger partial charge >= 0.3 is 0 Å². The van der Waals surface area contributed by atoms with Gasteiger partial charge in [-0.2, -0.15) is 0 Å². The van der Waals surface area contributed by atoms with E-state index in [2.05, 4.69) is 9.97 Å². The van der Waals surface area contributed by atoms with E-state index in [1.54, 1.807) is 12.3 Å². The minimum absolute atomic E-state index is 0.174. The van der Waals surface area contributed by atoms with Gasteiger partial charge < -0.3 is 5.73 Å². The van der Waals surface area contributed by atoms with Gasteiger partial charge in [-0.1, -0.05) is 6.92 Å². The number of rotatable bonds is 1.